The monoisotopic (exact) mass is 309 g/mol. The fourth-order valence-electron chi connectivity index (χ4n) is 2.27. The minimum Gasteiger partial charge on any atom is -0.482 e. The standard InChI is InChI=1S/C15H23N3O4/c1-2-21-15(19)10-22-12-3-4-13(18-16)14(9-12)17-11-5-7-20-8-6-11/h3-4,9,11,17-18H,2,5-8,10,16H2,1H3. The summed E-state index contributed by atoms with van der Waals surface area (Å²) in [4.78, 5) is 11.3. The van der Waals surface area contributed by atoms with Gasteiger partial charge in [0.15, 0.2) is 6.61 Å². The topological polar surface area (TPSA) is 94.8 Å². The molecular weight excluding hydrogens is 286 g/mol. The number of hydrogen-bond acceptors (Lipinski definition) is 7. The van der Waals surface area contributed by atoms with E-state index >= 15 is 0 Å². The summed E-state index contributed by atoms with van der Waals surface area (Å²) in [5, 5.41) is 3.43. The molecule has 0 radical (unpaired) electrons. The van der Waals surface area contributed by atoms with Crippen LogP contribution in [-0.4, -0.2) is 38.4 Å². The van der Waals surface area contributed by atoms with Crippen molar-refractivity contribution < 1.29 is 19.0 Å². The maximum absolute atomic E-state index is 11.3. The number of hydrazine groups is 1. The first-order chi connectivity index (χ1) is 10.7. The second-order valence-corrected chi connectivity index (χ2v) is 4.98. The number of benzene rings is 1. The normalized spacial score (nSPS) is 15.2. The average molecular weight is 309 g/mol. The highest BCUT2D eigenvalue weighted by Gasteiger charge is 2.15. The molecule has 22 heavy (non-hydrogen) atoms. The zero-order chi connectivity index (χ0) is 15.8. The lowest BCUT2D eigenvalue weighted by molar-refractivity contribution is -0.145. The Morgan fingerprint density at radius 1 is 1.36 bits per heavy atom. The van der Waals surface area contributed by atoms with Crippen LogP contribution in [0, 0.1) is 0 Å². The molecule has 0 saturated carbocycles. The minimum absolute atomic E-state index is 0.111. The van der Waals surface area contributed by atoms with E-state index in [-0.39, 0.29) is 12.6 Å². The molecule has 0 aromatic heterocycles. The van der Waals surface area contributed by atoms with Crippen molar-refractivity contribution in [2.24, 2.45) is 5.84 Å². The molecule has 0 atom stereocenters. The molecule has 1 aliphatic rings. The molecular formula is C15H23N3O4. The average Bonchev–Trinajstić information content (AvgIpc) is 2.54. The maximum atomic E-state index is 11.3. The second kappa shape index (κ2) is 8.45. The van der Waals surface area contributed by atoms with E-state index in [1.165, 1.54) is 0 Å². The zero-order valence-electron chi connectivity index (χ0n) is 12.8. The molecule has 122 valence electrons. The largest absolute Gasteiger partial charge is 0.482 e. The van der Waals surface area contributed by atoms with Gasteiger partial charge in [0.2, 0.25) is 0 Å². The van der Waals surface area contributed by atoms with Crippen LogP contribution < -0.4 is 21.3 Å². The molecule has 1 aromatic rings. The number of hydrogen-bond donors (Lipinski definition) is 3. The highest BCUT2D eigenvalue weighted by molar-refractivity contribution is 5.72. The Labute approximate surface area is 130 Å². The summed E-state index contributed by atoms with van der Waals surface area (Å²) in [6.07, 6.45) is 1.88. The van der Waals surface area contributed by atoms with Gasteiger partial charge in [-0.25, -0.2) is 4.79 Å². The smallest absolute Gasteiger partial charge is 0.344 e. The zero-order valence-corrected chi connectivity index (χ0v) is 12.8. The molecule has 1 aromatic carbocycles. The number of carbonyl (C=O) groups excluding carboxylic acids is 1. The Balaban J connectivity index is 2.00. The summed E-state index contributed by atoms with van der Waals surface area (Å²) in [5.41, 5.74) is 4.27. The van der Waals surface area contributed by atoms with Crippen LogP contribution in [0.4, 0.5) is 11.4 Å². The van der Waals surface area contributed by atoms with E-state index in [4.69, 9.17) is 20.1 Å². The van der Waals surface area contributed by atoms with Crippen LogP contribution in [-0.2, 0) is 14.3 Å². The third kappa shape index (κ3) is 4.78. The summed E-state index contributed by atoms with van der Waals surface area (Å²) < 4.78 is 15.6. The van der Waals surface area contributed by atoms with Gasteiger partial charge in [0.1, 0.15) is 5.75 Å². The second-order valence-electron chi connectivity index (χ2n) is 4.98. The van der Waals surface area contributed by atoms with Crippen LogP contribution in [0.3, 0.4) is 0 Å². The predicted molar refractivity (Wildman–Crippen MR) is 83.8 cm³/mol. The van der Waals surface area contributed by atoms with Gasteiger partial charge in [-0.2, -0.15) is 0 Å². The first-order valence-corrected chi connectivity index (χ1v) is 7.46. The molecule has 0 amide bonds. The third-order valence-corrected chi connectivity index (χ3v) is 3.39. The number of esters is 1. The van der Waals surface area contributed by atoms with E-state index in [0.717, 1.165) is 37.4 Å². The quantitative estimate of drug-likeness (QED) is 0.399. The maximum Gasteiger partial charge on any atom is 0.344 e. The fraction of sp³-hybridized carbons (Fsp3) is 0.533. The van der Waals surface area contributed by atoms with Crippen molar-refractivity contribution in [1.82, 2.24) is 0 Å². The van der Waals surface area contributed by atoms with Crippen LogP contribution in [0.1, 0.15) is 19.8 Å². The van der Waals surface area contributed by atoms with Crippen LogP contribution >= 0.6 is 0 Å². The van der Waals surface area contributed by atoms with Gasteiger partial charge >= 0.3 is 5.97 Å². The Hall–Kier alpha value is -1.99. The van der Waals surface area contributed by atoms with Gasteiger partial charge in [0, 0.05) is 25.3 Å². The molecule has 1 saturated heterocycles. The molecule has 0 bridgehead atoms. The van der Waals surface area contributed by atoms with Crippen molar-refractivity contribution in [2.45, 2.75) is 25.8 Å². The SMILES string of the molecule is CCOC(=O)COc1ccc(NN)c(NC2CCOCC2)c1. The number of rotatable bonds is 7. The Bertz CT molecular complexity index is 490. The molecule has 1 heterocycles. The van der Waals surface area contributed by atoms with E-state index in [0.29, 0.717) is 18.4 Å². The number of nitrogens with one attached hydrogen (secondary N) is 2. The van der Waals surface area contributed by atoms with E-state index < -0.39 is 0 Å². The van der Waals surface area contributed by atoms with E-state index in [1.807, 2.05) is 12.1 Å². The fourth-order valence-corrected chi connectivity index (χ4v) is 2.27. The van der Waals surface area contributed by atoms with Gasteiger partial charge in [-0.3, -0.25) is 5.84 Å². The van der Waals surface area contributed by atoms with Crippen LogP contribution in [0.2, 0.25) is 0 Å². The molecule has 0 spiro atoms. The molecule has 7 nitrogen and oxygen atoms in total. The van der Waals surface area contributed by atoms with Crippen molar-refractivity contribution in [1.29, 1.82) is 0 Å². The Kier molecular flexibility index (Phi) is 6.29. The number of nitrogen functional groups attached to an aromatic ring is 1. The summed E-state index contributed by atoms with van der Waals surface area (Å²) in [7, 11) is 0. The highest BCUT2D eigenvalue weighted by atomic mass is 16.6. The van der Waals surface area contributed by atoms with Gasteiger partial charge < -0.3 is 25.0 Å². The van der Waals surface area contributed by atoms with Crippen molar-refractivity contribution in [3.8, 4) is 5.75 Å². The lowest BCUT2D eigenvalue weighted by Gasteiger charge is -2.25. The number of carbonyl (C=O) groups is 1. The lowest BCUT2D eigenvalue weighted by atomic mass is 10.1. The van der Waals surface area contributed by atoms with Gasteiger partial charge in [-0.05, 0) is 31.9 Å². The molecule has 0 aliphatic carbocycles. The third-order valence-electron chi connectivity index (χ3n) is 3.39. The van der Waals surface area contributed by atoms with E-state index in [9.17, 15) is 4.79 Å². The molecule has 1 fully saturated rings. The van der Waals surface area contributed by atoms with Crippen LogP contribution in [0.15, 0.2) is 18.2 Å². The molecule has 4 N–H and O–H groups in total. The van der Waals surface area contributed by atoms with Gasteiger partial charge in [-0.1, -0.05) is 0 Å². The Morgan fingerprint density at radius 2 is 2.14 bits per heavy atom. The van der Waals surface area contributed by atoms with Crippen LogP contribution in [0.25, 0.3) is 0 Å². The van der Waals surface area contributed by atoms with Gasteiger partial charge in [-0.15, -0.1) is 0 Å². The lowest BCUT2D eigenvalue weighted by Crippen LogP contribution is -2.28. The van der Waals surface area contributed by atoms with E-state index in [1.54, 1.807) is 13.0 Å². The van der Waals surface area contributed by atoms with Crippen LogP contribution in [0.5, 0.6) is 5.75 Å². The highest BCUT2D eigenvalue weighted by Crippen LogP contribution is 2.28. The molecule has 7 heteroatoms. The van der Waals surface area contributed by atoms with Gasteiger partial charge in [0.25, 0.3) is 0 Å². The first-order valence-electron chi connectivity index (χ1n) is 7.46. The predicted octanol–water partition coefficient (Wildman–Crippen LogP) is 1.50. The molecule has 1 aliphatic heterocycles. The number of ether oxygens (including phenoxy) is 3. The summed E-state index contributed by atoms with van der Waals surface area (Å²) >= 11 is 0. The Morgan fingerprint density at radius 3 is 2.82 bits per heavy atom. The minimum atomic E-state index is -0.387. The number of nitrogens with two attached hydrogens (primary N) is 1. The van der Waals surface area contributed by atoms with Crippen molar-refractivity contribution in [2.75, 3.05) is 37.2 Å². The van der Waals surface area contributed by atoms with Crippen molar-refractivity contribution in [3.05, 3.63) is 18.2 Å². The number of anilines is 2. The van der Waals surface area contributed by atoms with Crippen molar-refractivity contribution >= 4 is 17.3 Å². The summed E-state index contributed by atoms with van der Waals surface area (Å²) in [5.74, 6) is 5.74. The molecule has 0 unspecified atom stereocenters. The first kappa shape index (κ1) is 16.4. The van der Waals surface area contributed by atoms with Gasteiger partial charge in [0.05, 0.1) is 18.0 Å². The summed E-state index contributed by atoms with van der Waals surface area (Å²) in [6, 6.07) is 5.72. The summed E-state index contributed by atoms with van der Waals surface area (Å²) in [6.45, 7) is 3.49. The molecule has 2 rings (SSSR count). The van der Waals surface area contributed by atoms with E-state index in [2.05, 4.69) is 10.7 Å². The van der Waals surface area contributed by atoms with Crippen molar-refractivity contribution in [3.63, 3.8) is 0 Å².